The summed E-state index contributed by atoms with van der Waals surface area (Å²) in [6.45, 7) is 6.22. The van der Waals surface area contributed by atoms with Gasteiger partial charge in [0.2, 0.25) is 0 Å². The number of hydrogen-bond donors (Lipinski definition) is 1. The van der Waals surface area contributed by atoms with Gasteiger partial charge >= 0.3 is 0 Å². The summed E-state index contributed by atoms with van der Waals surface area (Å²) in [6, 6.07) is 0. The van der Waals surface area contributed by atoms with E-state index in [2.05, 4.69) is 6.58 Å². The van der Waals surface area contributed by atoms with Crippen molar-refractivity contribution in [2.24, 2.45) is 0 Å². The van der Waals surface area contributed by atoms with Crippen LogP contribution in [-0.4, -0.2) is 18.3 Å². The van der Waals surface area contributed by atoms with Gasteiger partial charge in [-0.3, -0.25) is 0 Å². The third-order valence-electron chi connectivity index (χ3n) is 1.01. The van der Waals surface area contributed by atoms with Gasteiger partial charge in [0.25, 0.3) is 0 Å². The van der Waals surface area contributed by atoms with Crippen LogP contribution < -0.4 is 0 Å². The number of rotatable bonds is 5. The van der Waals surface area contributed by atoms with Crippen molar-refractivity contribution in [2.75, 3.05) is 13.2 Å². The lowest BCUT2D eigenvalue weighted by Gasteiger charge is -1.97. The van der Waals surface area contributed by atoms with E-state index >= 15 is 0 Å². The highest BCUT2D eigenvalue weighted by molar-refractivity contribution is 5.09. The van der Waals surface area contributed by atoms with Crippen LogP contribution in [0, 0.1) is 0 Å². The van der Waals surface area contributed by atoms with Crippen molar-refractivity contribution in [3.05, 3.63) is 24.5 Å². The van der Waals surface area contributed by atoms with Crippen molar-refractivity contribution in [3.8, 4) is 0 Å². The van der Waals surface area contributed by atoms with E-state index < -0.39 is 0 Å². The molecule has 0 saturated carbocycles. The van der Waals surface area contributed by atoms with Crippen LogP contribution in [0.5, 0.6) is 0 Å². The molecule has 0 aromatic heterocycles. The molecule has 0 atom stereocenters. The van der Waals surface area contributed by atoms with Gasteiger partial charge in [0, 0.05) is 13.0 Å². The number of ether oxygens (including phenoxy) is 1. The second-order valence-electron chi connectivity index (χ2n) is 2.01. The molecule has 10 heavy (non-hydrogen) atoms. The van der Waals surface area contributed by atoms with E-state index in [0.717, 1.165) is 5.57 Å². The second kappa shape index (κ2) is 6.36. The standard InChI is InChI=1S/C8H14O2/c1-3-8(2)7-10-6-4-5-9/h3,7,9H,1,4-6H2,2H3/b8-7+. The predicted octanol–water partition coefficient (Wildman–Crippen LogP) is 1.48. The third kappa shape index (κ3) is 5.38. The van der Waals surface area contributed by atoms with Gasteiger partial charge in [0.1, 0.15) is 0 Å². The van der Waals surface area contributed by atoms with Crippen LogP contribution in [0.25, 0.3) is 0 Å². The van der Waals surface area contributed by atoms with E-state index in [4.69, 9.17) is 9.84 Å². The fourth-order valence-corrected chi connectivity index (χ4v) is 0.386. The molecule has 0 fully saturated rings. The number of hydrogen-bond acceptors (Lipinski definition) is 2. The molecule has 0 aromatic carbocycles. The van der Waals surface area contributed by atoms with Gasteiger partial charge in [0.05, 0.1) is 12.9 Å². The molecule has 0 amide bonds. The Balaban J connectivity index is 3.24. The van der Waals surface area contributed by atoms with Crippen molar-refractivity contribution in [1.82, 2.24) is 0 Å². The highest BCUT2D eigenvalue weighted by Gasteiger charge is 1.82. The van der Waals surface area contributed by atoms with Crippen LogP contribution >= 0.6 is 0 Å². The largest absolute Gasteiger partial charge is 0.501 e. The molecule has 0 aliphatic heterocycles. The van der Waals surface area contributed by atoms with Crippen LogP contribution in [0.4, 0.5) is 0 Å². The van der Waals surface area contributed by atoms with Gasteiger partial charge in [-0.2, -0.15) is 0 Å². The molecule has 58 valence electrons. The molecular weight excluding hydrogens is 128 g/mol. The molecule has 2 nitrogen and oxygen atoms in total. The lowest BCUT2D eigenvalue weighted by atomic mass is 10.3. The number of aliphatic hydroxyl groups is 1. The summed E-state index contributed by atoms with van der Waals surface area (Å²) < 4.78 is 5.03. The first-order chi connectivity index (χ1) is 4.81. The molecule has 1 N–H and O–H groups in total. The Morgan fingerprint density at radius 1 is 1.70 bits per heavy atom. The zero-order chi connectivity index (χ0) is 7.82. The van der Waals surface area contributed by atoms with Gasteiger partial charge in [-0.05, 0) is 12.5 Å². The average molecular weight is 142 g/mol. The Kier molecular flexibility index (Phi) is 5.88. The maximum Gasteiger partial charge on any atom is 0.0895 e. The second-order valence-corrected chi connectivity index (χ2v) is 2.01. The summed E-state index contributed by atoms with van der Waals surface area (Å²) in [4.78, 5) is 0. The maximum absolute atomic E-state index is 8.37. The normalized spacial score (nSPS) is 11.2. The lowest BCUT2D eigenvalue weighted by molar-refractivity contribution is 0.198. The molecule has 0 aliphatic rings. The minimum absolute atomic E-state index is 0.182. The molecule has 0 bridgehead atoms. The highest BCUT2D eigenvalue weighted by Crippen LogP contribution is 1.93. The minimum atomic E-state index is 0.182. The van der Waals surface area contributed by atoms with E-state index in [0.29, 0.717) is 13.0 Å². The van der Waals surface area contributed by atoms with Gasteiger partial charge in [0.15, 0.2) is 0 Å². The molecule has 2 heteroatoms. The smallest absolute Gasteiger partial charge is 0.0895 e. The van der Waals surface area contributed by atoms with Crippen LogP contribution in [0.3, 0.4) is 0 Å². The van der Waals surface area contributed by atoms with Crippen molar-refractivity contribution in [1.29, 1.82) is 0 Å². The first-order valence-corrected chi connectivity index (χ1v) is 3.33. The van der Waals surface area contributed by atoms with Crippen LogP contribution in [0.2, 0.25) is 0 Å². The Labute approximate surface area is 61.8 Å². The molecule has 0 rings (SSSR count). The Hall–Kier alpha value is -0.760. The van der Waals surface area contributed by atoms with Gasteiger partial charge in [-0.1, -0.05) is 12.7 Å². The highest BCUT2D eigenvalue weighted by atomic mass is 16.5. The van der Waals surface area contributed by atoms with Crippen molar-refractivity contribution in [2.45, 2.75) is 13.3 Å². The quantitative estimate of drug-likeness (QED) is 0.358. The zero-order valence-corrected chi connectivity index (χ0v) is 6.34. The lowest BCUT2D eigenvalue weighted by Crippen LogP contribution is -1.91. The Morgan fingerprint density at radius 3 is 2.90 bits per heavy atom. The van der Waals surface area contributed by atoms with Crippen LogP contribution in [-0.2, 0) is 4.74 Å². The fraction of sp³-hybridized carbons (Fsp3) is 0.500. The van der Waals surface area contributed by atoms with Crippen molar-refractivity contribution in [3.63, 3.8) is 0 Å². The molecule has 0 spiro atoms. The van der Waals surface area contributed by atoms with E-state index in [1.165, 1.54) is 0 Å². The molecular formula is C8H14O2. The molecule has 0 aliphatic carbocycles. The summed E-state index contributed by atoms with van der Waals surface area (Å²) in [5.41, 5.74) is 0.998. The SMILES string of the molecule is C=C/C(C)=C/OCCCO. The molecule has 0 heterocycles. The topological polar surface area (TPSA) is 29.5 Å². The summed E-state index contributed by atoms with van der Waals surface area (Å²) in [5, 5.41) is 8.37. The van der Waals surface area contributed by atoms with E-state index in [1.807, 2.05) is 6.92 Å². The third-order valence-corrected chi connectivity index (χ3v) is 1.01. The Bertz CT molecular complexity index is 116. The first kappa shape index (κ1) is 9.24. The average Bonchev–Trinajstić information content (AvgIpc) is 1.98. The van der Waals surface area contributed by atoms with Gasteiger partial charge < -0.3 is 9.84 Å². The zero-order valence-electron chi connectivity index (χ0n) is 6.34. The predicted molar refractivity (Wildman–Crippen MR) is 41.6 cm³/mol. The van der Waals surface area contributed by atoms with Crippen LogP contribution in [0.1, 0.15) is 13.3 Å². The molecule has 0 aromatic rings. The maximum atomic E-state index is 8.37. The Morgan fingerprint density at radius 2 is 2.40 bits per heavy atom. The summed E-state index contributed by atoms with van der Waals surface area (Å²) >= 11 is 0. The van der Waals surface area contributed by atoms with Crippen LogP contribution in [0.15, 0.2) is 24.5 Å². The van der Waals surface area contributed by atoms with Gasteiger partial charge in [-0.25, -0.2) is 0 Å². The first-order valence-electron chi connectivity index (χ1n) is 3.33. The number of allylic oxidation sites excluding steroid dienone is 2. The molecule has 0 unspecified atom stereocenters. The summed E-state index contributed by atoms with van der Waals surface area (Å²) in [5.74, 6) is 0. The fourth-order valence-electron chi connectivity index (χ4n) is 0.386. The van der Waals surface area contributed by atoms with E-state index in [1.54, 1.807) is 12.3 Å². The van der Waals surface area contributed by atoms with Crippen molar-refractivity contribution < 1.29 is 9.84 Å². The number of aliphatic hydroxyl groups excluding tert-OH is 1. The molecule has 0 saturated heterocycles. The van der Waals surface area contributed by atoms with Gasteiger partial charge in [-0.15, -0.1) is 0 Å². The van der Waals surface area contributed by atoms with E-state index in [-0.39, 0.29) is 6.61 Å². The monoisotopic (exact) mass is 142 g/mol. The summed E-state index contributed by atoms with van der Waals surface area (Å²) in [6.07, 6.45) is 4.04. The summed E-state index contributed by atoms with van der Waals surface area (Å²) in [7, 11) is 0. The minimum Gasteiger partial charge on any atom is -0.501 e. The molecule has 0 radical (unpaired) electrons. The van der Waals surface area contributed by atoms with Crippen molar-refractivity contribution >= 4 is 0 Å². The van der Waals surface area contributed by atoms with E-state index in [9.17, 15) is 0 Å².